The second-order valence-corrected chi connectivity index (χ2v) is 8.50. The quantitative estimate of drug-likeness (QED) is 0.536. The van der Waals surface area contributed by atoms with Crippen molar-refractivity contribution >= 4 is 11.9 Å². The fourth-order valence-electron chi connectivity index (χ4n) is 4.62. The zero-order chi connectivity index (χ0) is 23.0. The lowest BCUT2D eigenvalue weighted by Crippen LogP contribution is -2.43. The molecule has 0 radical (unpaired) electrons. The number of hydrogen-bond donors (Lipinski definition) is 1. The number of rotatable bonds is 8. The fraction of sp³-hybridized carbons (Fsp3) is 0.286. The molecule has 1 fully saturated rings. The van der Waals surface area contributed by atoms with Crippen LogP contribution in [0, 0.1) is 5.92 Å². The van der Waals surface area contributed by atoms with Crippen LogP contribution in [0.2, 0.25) is 0 Å². The van der Waals surface area contributed by atoms with Gasteiger partial charge in [-0.15, -0.1) is 0 Å². The molecule has 5 heteroatoms. The van der Waals surface area contributed by atoms with Crippen LogP contribution in [0.1, 0.15) is 29.0 Å². The summed E-state index contributed by atoms with van der Waals surface area (Å²) in [5.74, 6) is -0.702. The number of nitrogens with one attached hydrogen (secondary N) is 1. The first-order valence-electron chi connectivity index (χ1n) is 11.4. The monoisotopic (exact) mass is 442 g/mol. The number of hydrogen-bond acceptors (Lipinski definition) is 4. The van der Waals surface area contributed by atoms with Crippen molar-refractivity contribution < 1.29 is 14.3 Å². The number of amides is 1. The Morgan fingerprint density at radius 2 is 1.45 bits per heavy atom. The number of benzene rings is 3. The molecule has 0 aliphatic carbocycles. The fourth-order valence-corrected chi connectivity index (χ4v) is 4.62. The van der Waals surface area contributed by atoms with Gasteiger partial charge in [0.2, 0.25) is 5.91 Å². The first-order valence-corrected chi connectivity index (χ1v) is 11.4. The Labute approximate surface area is 195 Å². The lowest BCUT2D eigenvalue weighted by Gasteiger charge is -2.28. The Hall–Kier alpha value is -3.44. The van der Waals surface area contributed by atoms with Crippen molar-refractivity contribution in [3.63, 3.8) is 0 Å². The van der Waals surface area contributed by atoms with E-state index in [1.165, 1.54) is 12.7 Å². The molecule has 5 nitrogen and oxygen atoms in total. The molecule has 0 unspecified atom stereocenters. The van der Waals surface area contributed by atoms with Gasteiger partial charge in [-0.2, -0.15) is 0 Å². The van der Waals surface area contributed by atoms with Gasteiger partial charge in [0.1, 0.15) is 6.04 Å². The molecule has 3 aromatic carbocycles. The highest BCUT2D eigenvalue weighted by molar-refractivity contribution is 5.91. The van der Waals surface area contributed by atoms with Crippen LogP contribution < -0.4 is 5.32 Å². The van der Waals surface area contributed by atoms with Crippen LogP contribution in [-0.4, -0.2) is 43.0 Å². The van der Waals surface area contributed by atoms with E-state index in [4.69, 9.17) is 4.74 Å². The average molecular weight is 443 g/mol. The van der Waals surface area contributed by atoms with Crippen molar-refractivity contribution in [2.75, 3.05) is 20.2 Å². The van der Waals surface area contributed by atoms with Crippen LogP contribution >= 0.6 is 0 Å². The van der Waals surface area contributed by atoms with Gasteiger partial charge in [-0.3, -0.25) is 4.79 Å². The molecule has 1 saturated heterocycles. The maximum atomic E-state index is 13.9. The minimum atomic E-state index is -0.569. The Morgan fingerprint density at radius 1 is 0.909 bits per heavy atom. The van der Waals surface area contributed by atoms with Crippen molar-refractivity contribution in [1.29, 1.82) is 0 Å². The minimum absolute atomic E-state index is 0.0617. The molecule has 3 aromatic rings. The standard InChI is InChI=1S/C28H30N2O3/c1-33-28(32)25-17-22(19-29-18-21-11-5-2-6-12-21)20-30(25)27(31)26(23-13-7-3-8-14-23)24-15-9-4-10-16-24/h2-16,22,25-26,29H,17-20H2,1H3/t22-,25+/m1/s1. The molecule has 33 heavy (non-hydrogen) atoms. The highest BCUT2D eigenvalue weighted by Crippen LogP contribution is 2.32. The van der Waals surface area contributed by atoms with Gasteiger partial charge < -0.3 is 15.0 Å². The number of methoxy groups -OCH3 is 1. The summed E-state index contributed by atoms with van der Waals surface area (Å²) in [7, 11) is 1.39. The molecule has 2 atom stereocenters. The number of likely N-dealkylation sites (tertiary alicyclic amines) is 1. The predicted octanol–water partition coefficient (Wildman–Crippen LogP) is 4.00. The van der Waals surface area contributed by atoms with E-state index < -0.39 is 12.0 Å². The van der Waals surface area contributed by atoms with Crippen molar-refractivity contribution in [2.24, 2.45) is 5.92 Å². The Morgan fingerprint density at radius 3 is 2.00 bits per heavy atom. The summed E-state index contributed by atoms with van der Waals surface area (Å²) in [5, 5.41) is 3.48. The van der Waals surface area contributed by atoms with Gasteiger partial charge in [0, 0.05) is 19.6 Å². The molecule has 4 rings (SSSR count). The topological polar surface area (TPSA) is 58.6 Å². The van der Waals surface area contributed by atoms with Crippen LogP contribution in [-0.2, 0) is 20.9 Å². The first-order chi connectivity index (χ1) is 16.2. The molecule has 1 amide bonds. The highest BCUT2D eigenvalue weighted by Gasteiger charge is 2.42. The second-order valence-electron chi connectivity index (χ2n) is 8.50. The summed E-state index contributed by atoms with van der Waals surface area (Å²) >= 11 is 0. The van der Waals surface area contributed by atoms with Gasteiger partial charge in [-0.1, -0.05) is 91.0 Å². The number of ether oxygens (including phenoxy) is 1. The lowest BCUT2D eigenvalue weighted by molar-refractivity contribution is -0.151. The van der Waals surface area contributed by atoms with Gasteiger partial charge in [0.15, 0.2) is 0 Å². The van der Waals surface area contributed by atoms with Crippen LogP contribution in [0.4, 0.5) is 0 Å². The van der Waals surface area contributed by atoms with Crippen molar-refractivity contribution in [3.05, 3.63) is 108 Å². The second kappa shape index (κ2) is 10.9. The maximum absolute atomic E-state index is 13.9. The van der Waals surface area contributed by atoms with Gasteiger partial charge in [0.25, 0.3) is 0 Å². The van der Waals surface area contributed by atoms with E-state index >= 15 is 0 Å². The van der Waals surface area contributed by atoms with Crippen LogP contribution in [0.5, 0.6) is 0 Å². The van der Waals surface area contributed by atoms with E-state index in [-0.39, 0.29) is 17.8 Å². The minimum Gasteiger partial charge on any atom is -0.467 e. The SMILES string of the molecule is COC(=O)[C@@H]1C[C@H](CNCc2ccccc2)CN1C(=O)C(c1ccccc1)c1ccccc1. The summed E-state index contributed by atoms with van der Waals surface area (Å²) in [6, 6.07) is 29.2. The number of carbonyl (C=O) groups is 2. The Balaban J connectivity index is 1.53. The van der Waals surface area contributed by atoms with Crippen molar-refractivity contribution in [3.8, 4) is 0 Å². The molecule has 1 aliphatic rings. The van der Waals surface area contributed by atoms with E-state index in [1.54, 1.807) is 4.90 Å². The third-order valence-electron chi connectivity index (χ3n) is 6.26. The van der Waals surface area contributed by atoms with Gasteiger partial charge in [-0.05, 0) is 29.0 Å². The molecule has 1 N–H and O–H groups in total. The van der Waals surface area contributed by atoms with E-state index in [0.29, 0.717) is 13.0 Å². The number of esters is 1. The van der Waals surface area contributed by atoms with Crippen molar-refractivity contribution in [2.45, 2.75) is 24.9 Å². The predicted molar refractivity (Wildman–Crippen MR) is 128 cm³/mol. The molecule has 1 aliphatic heterocycles. The molecular formula is C28H30N2O3. The molecule has 0 saturated carbocycles. The normalized spacial score (nSPS) is 17.8. The lowest BCUT2D eigenvalue weighted by atomic mass is 9.90. The molecule has 0 bridgehead atoms. The van der Waals surface area contributed by atoms with E-state index in [9.17, 15) is 9.59 Å². The maximum Gasteiger partial charge on any atom is 0.328 e. The smallest absolute Gasteiger partial charge is 0.328 e. The summed E-state index contributed by atoms with van der Waals surface area (Å²) < 4.78 is 5.07. The summed E-state index contributed by atoms with van der Waals surface area (Å²) in [4.78, 5) is 28.3. The van der Waals surface area contributed by atoms with Gasteiger partial charge in [0.05, 0.1) is 13.0 Å². The van der Waals surface area contributed by atoms with Crippen LogP contribution in [0.15, 0.2) is 91.0 Å². The zero-order valence-electron chi connectivity index (χ0n) is 18.9. The molecule has 0 aromatic heterocycles. The van der Waals surface area contributed by atoms with Gasteiger partial charge >= 0.3 is 5.97 Å². The first kappa shape index (κ1) is 22.7. The third kappa shape index (κ3) is 5.49. The summed E-state index contributed by atoms with van der Waals surface area (Å²) in [6.07, 6.45) is 0.594. The van der Waals surface area contributed by atoms with E-state index in [0.717, 1.165) is 24.2 Å². The summed E-state index contributed by atoms with van der Waals surface area (Å²) in [5.41, 5.74) is 3.05. The third-order valence-corrected chi connectivity index (χ3v) is 6.26. The Kier molecular flexibility index (Phi) is 7.53. The molecule has 1 heterocycles. The van der Waals surface area contributed by atoms with Crippen molar-refractivity contribution in [1.82, 2.24) is 10.2 Å². The van der Waals surface area contributed by atoms with E-state index in [1.807, 2.05) is 78.9 Å². The molecular weight excluding hydrogens is 412 g/mol. The number of carbonyl (C=O) groups excluding carboxylic acids is 2. The van der Waals surface area contributed by atoms with E-state index in [2.05, 4.69) is 17.4 Å². The Bertz CT molecular complexity index is 1000. The number of nitrogens with zero attached hydrogens (tertiary/aromatic N) is 1. The molecule has 0 spiro atoms. The van der Waals surface area contributed by atoms with Crippen LogP contribution in [0.25, 0.3) is 0 Å². The highest BCUT2D eigenvalue weighted by atomic mass is 16.5. The zero-order valence-corrected chi connectivity index (χ0v) is 18.9. The largest absolute Gasteiger partial charge is 0.467 e. The molecule has 170 valence electrons. The van der Waals surface area contributed by atoms with Gasteiger partial charge in [-0.25, -0.2) is 4.79 Å². The summed E-state index contributed by atoms with van der Waals surface area (Å²) in [6.45, 7) is 2.01. The van der Waals surface area contributed by atoms with Crippen LogP contribution in [0.3, 0.4) is 0 Å². The average Bonchev–Trinajstić information content (AvgIpc) is 3.30.